The van der Waals surface area contributed by atoms with E-state index < -0.39 is 12.0 Å². The van der Waals surface area contributed by atoms with E-state index in [1.165, 1.54) is 18.1 Å². The Hall–Kier alpha value is -1.49. The van der Waals surface area contributed by atoms with E-state index in [1.807, 2.05) is 0 Å². The highest BCUT2D eigenvalue weighted by Crippen LogP contribution is 2.15. The molecule has 1 amide bonds. The van der Waals surface area contributed by atoms with Gasteiger partial charge in [-0.1, -0.05) is 31.2 Å². The highest BCUT2D eigenvalue weighted by molar-refractivity contribution is 7.98. The second-order valence-corrected chi connectivity index (χ2v) is 5.71. The van der Waals surface area contributed by atoms with Gasteiger partial charge in [0.05, 0.1) is 0 Å². The minimum Gasteiger partial charge on any atom is -0.480 e. The summed E-state index contributed by atoms with van der Waals surface area (Å²) < 4.78 is 0. The predicted octanol–water partition coefficient (Wildman–Crippen LogP) is 2.46. The Morgan fingerprint density at radius 1 is 1.25 bits per heavy atom. The van der Waals surface area contributed by atoms with Crippen LogP contribution in [0.3, 0.4) is 0 Å². The van der Waals surface area contributed by atoms with Crippen LogP contribution in [-0.2, 0) is 21.8 Å². The van der Waals surface area contributed by atoms with Crippen molar-refractivity contribution in [3.05, 3.63) is 35.4 Å². The normalized spacial score (nSPS) is 11.9. The summed E-state index contributed by atoms with van der Waals surface area (Å²) in [5.41, 5.74) is 2.55. The minimum absolute atomic E-state index is 0.308. The molecule has 0 spiro atoms. The average Bonchev–Trinajstić information content (AvgIpc) is 2.42. The molecule has 20 heavy (non-hydrogen) atoms. The van der Waals surface area contributed by atoms with Crippen LogP contribution in [0, 0.1) is 0 Å². The number of aryl methyl sites for hydroxylation is 1. The quantitative estimate of drug-likeness (QED) is 0.723. The fourth-order valence-corrected chi connectivity index (χ4v) is 2.74. The van der Waals surface area contributed by atoms with Gasteiger partial charge in [-0.25, -0.2) is 4.79 Å². The van der Waals surface area contributed by atoms with Gasteiger partial charge in [-0.05, 0) is 29.7 Å². The summed E-state index contributed by atoms with van der Waals surface area (Å²) in [7, 11) is 0. The van der Waals surface area contributed by atoms with Gasteiger partial charge in [-0.3, -0.25) is 4.79 Å². The van der Waals surface area contributed by atoms with Crippen LogP contribution in [0.2, 0.25) is 0 Å². The number of benzene rings is 1. The van der Waals surface area contributed by atoms with E-state index in [0.717, 1.165) is 12.2 Å². The molecule has 110 valence electrons. The van der Waals surface area contributed by atoms with Crippen LogP contribution >= 0.6 is 11.8 Å². The van der Waals surface area contributed by atoms with Crippen LogP contribution in [-0.4, -0.2) is 28.8 Å². The number of carboxylic acid groups (broad SMARTS) is 1. The number of aliphatic carboxylic acids is 1. The Balaban J connectivity index is 2.32. The van der Waals surface area contributed by atoms with Gasteiger partial charge in [-0.15, -0.1) is 0 Å². The number of nitrogens with one attached hydrogen (secondary N) is 1. The molecule has 0 radical (unpaired) electrons. The number of carbonyl (C=O) groups excluding carboxylic acids is 1. The Morgan fingerprint density at radius 3 is 2.35 bits per heavy atom. The summed E-state index contributed by atoms with van der Waals surface area (Å²) in [6.45, 7) is 3.45. The topological polar surface area (TPSA) is 66.4 Å². The van der Waals surface area contributed by atoms with Gasteiger partial charge >= 0.3 is 5.97 Å². The molecule has 0 aromatic heterocycles. The lowest BCUT2D eigenvalue weighted by molar-refractivity contribution is -0.141. The van der Waals surface area contributed by atoms with E-state index in [1.54, 1.807) is 11.8 Å². The smallest absolute Gasteiger partial charge is 0.326 e. The molecule has 0 fully saturated rings. The molecule has 0 aliphatic heterocycles. The zero-order valence-corrected chi connectivity index (χ0v) is 12.7. The molecule has 0 aliphatic rings. The molecular formula is C15H21NO3S. The van der Waals surface area contributed by atoms with E-state index >= 15 is 0 Å². The lowest BCUT2D eigenvalue weighted by Gasteiger charge is -2.12. The van der Waals surface area contributed by atoms with Crippen molar-refractivity contribution in [2.75, 3.05) is 5.75 Å². The van der Waals surface area contributed by atoms with Crippen molar-refractivity contribution in [1.29, 1.82) is 0 Å². The minimum atomic E-state index is -0.979. The summed E-state index contributed by atoms with van der Waals surface area (Å²) in [5.74, 6) is 0.272. The Kier molecular flexibility index (Phi) is 7.15. The van der Waals surface area contributed by atoms with Crippen LogP contribution in [0.25, 0.3) is 0 Å². The third kappa shape index (κ3) is 6.10. The SMILES string of the molecule is CCc1ccc(CSCCC(NC(C)=O)C(=O)O)cc1. The van der Waals surface area contributed by atoms with Crippen LogP contribution in [0.5, 0.6) is 0 Å². The number of thioether (sulfide) groups is 1. The summed E-state index contributed by atoms with van der Waals surface area (Å²) in [6, 6.07) is 7.66. The molecular weight excluding hydrogens is 274 g/mol. The zero-order chi connectivity index (χ0) is 15.0. The Bertz CT molecular complexity index is 445. The van der Waals surface area contributed by atoms with Crippen molar-refractivity contribution in [3.8, 4) is 0 Å². The van der Waals surface area contributed by atoms with Crippen molar-refractivity contribution in [2.45, 2.75) is 38.5 Å². The molecule has 2 N–H and O–H groups in total. The second-order valence-electron chi connectivity index (χ2n) is 4.60. The fraction of sp³-hybridized carbons (Fsp3) is 0.467. The van der Waals surface area contributed by atoms with Gasteiger partial charge in [0.2, 0.25) is 5.91 Å². The van der Waals surface area contributed by atoms with Crippen LogP contribution < -0.4 is 5.32 Å². The molecule has 0 saturated carbocycles. The number of hydrogen-bond acceptors (Lipinski definition) is 3. The van der Waals surface area contributed by atoms with Crippen LogP contribution in [0.4, 0.5) is 0 Å². The highest BCUT2D eigenvalue weighted by atomic mass is 32.2. The lowest BCUT2D eigenvalue weighted by atomic mass is 10.1. The predicted molar refractivity (Wildman–Crippen MR) is 81.8 cm³/mol. The van der Waals surface area contributed by atoms with Gasteiger partial charge in [0.25, 0.3) is 0 Å². The van der Waals surface area contributed by atoms with Gasteiger partial charge < -0.3 is 10.4 Å². The number of hydrogen-bond donors (Lipinski definition) is 2. The van der Waals surface area contributed by atoms with E-state index in [-0.39, 0.29) is 5.91 Å². The summed E-state index contributed by atoms with van der Waals surface area (Å²) in [6.07, 6.45) is 1.47. The first kappa shape index (κ1) is 16.6. The van der Waals surface area contributed by atoms with Crippen molar-refractivity contribution in [1.82, 2.24) is 5.32 Å². The zero-order valence-electron chi connectivity index (χ0n) is 11.9. The standard InChI is InChI=1S/C15H21NO3S/c1-3-12-4-6-13(7-5-12)10-20-9-8-14(15(18)19)16-11(2)17/h4-7,14H,3,8-10H2,1-2H3,(H,16,17)(H,18,19). The molecule has 1 atom stereocenters. The first-order valence-corrected chi connectivity index (χ1v) is 7.84. The first-order valence-electron chi connectivity index (χ1n) is 6.68. The molecule has 0 aliphatic carbocycles. The van der Waals surface area contributed by atoms with Gasteiger partial charge in [0.1, 0.15) is 6.04 Å². The van der Waals surface area contributed by atoms with Crippen LogP contribution in [0.1, 0.15) is 31.4 Å². The maximum atomic E-state index is 10.9. The monoisotopic (exact) mass is 295 g/mol. The summed E-state index contributed by atoms with van der Waals surface area (Å²) in [4.78, 5) is 21.8. The molecule has 0 bridgehead atoms. The number of rotatable bonds is 8. The van der Waals surface area contributed by atoms with Gasteiger partial charge in [0, 0.05) is 12.7 Å². The molecule has 1 aromatic carbocycles. The molecule has 4 nitrogen and oxygen atoms in total. The second kappa shape index (κ2) is 8.64. The third-order valence-electron chi connectivity index (χ3n) is 2.93. The molecule has 0 saturated heterocycles. The average molecular weight is 295 g/mol. The van der Waals surface area contributed by atoms with Gasteiger partial charge in [-0.2, -0.15) is 11.8 Å². The van der Waals surface area contributed by atoms with E-state index in [2.05, 4.69) is 36.5 Å². The van der Waals surface area contributed by atoms with Crippen molar-refractivity contribution >= 4 is 23.6 Å². The third-order valence-corrected chi connectivity index (χ3v) is 3.99. The van der Waals surface area contributed by atoms with Crippen molar-refractivity contribution < 1.29 is 14.7 Å². The first-order chi connectivity index (χ1) is 9.52. The molecule has 1 rings (SSSR count). The number of carboxylic acids is 1. The summed E-state index contributed by atoms with van der Waals surface area (Å²) in [5, 5.41) is 11.4. The van der Waals surface area contributed by atoms with Crippen molar-refractivity contribution in [3.63, 3.8) is 0 Å². The summed E-state index contributed by atoms with van der Waals surface area (Å²) >= 11 is 1.68. The lowest BCUT2D eigenvalue weighted by Crippen LogP contribution is -2.39. The molecule has 1 unspecified atom stereocenters. The number of carbonyl (C=O) groups is 2. The number of amides is 1. The Labute approximate surface area is 124 Å². The van der Waals surface area contributed by atoms with Crippen molar-refractivity contribution in [2.24, 2.45) is 0 Å². The Morgan fingerprint density at radius 2 is 1.85 bits per heavy atom. The van der Waals surface area contributed by atoms with Gasteiger partial charge in [0.15, 0.2) is 0 Å². The fourth-order valence-electron chi connectivity index (χ4n) is 1.77. The largest absolute Gasteiger partial charge is 0.480 e. The molecule has 5 heteroatoms. The van der Waals surface area contributed by atoms with E-state index in [0.29, 0.717) is 12.2 Å². The molecule has 1 aromatic rings. The van der Waals surface area contributed by atoms with Crippen LogP contribution in [0.15, 0.2) is 24.3 Å². The van der Waals surface area contributed by atoms with E-state index in [9.17, 15) is 9.59 Å². The maximum absolute atomic E-state index is 10.9. The van der Waals surface area contributed by atoms with E-state index in [4.69, 9.17) is 5.11 Å². The highest BCUT2D eigenvalue weighted by Gasteiger charge is 2.17. The maximum Gasteiger partial charge on any atom is 0.326 e. The molecule has 0 heterocycles.